The maximum atomic E-state index is 13.8. The van der Waals surface area contributed by atoms with Crippen LogP contribution in [0.4, 0.5) is 11.4 Å². The molecule has 1 aliphatic carbocycles. The maximum Gasteiger partial charge on any atom is 0.273 e. The minimum atomic E-state index is -1.09. The largest absolute Gasteiger partial charge is 0.494 e. The Morgan fingerprint density at radius 2 is 1.89 bits per heavy atom. The van der Waals surface area contributed by atoms with E-state index in [-0.39, 0.29) is 41.3 Å². The Hall–Kier alpha value is -3.75. The third-order valence-corrected chi connectivity index (χ3v) is 7.99. The van der Waals surface area contributed by atoms with E-state index in [2.05, 4.69) is 5.32 Å². The van der Waals surface area contributed by atoms with Crippen LogP contribution in [0.1, 0.15) is 39.2 Å². The third kappa shape index (κ3) is 3.94. The number of carbonyl (C=O) groups excluding carboxylic acids is 3. The molecule has 2 aromatic rings. The highest BCUT2D eigenvalue weighted by molar-refractivity contribution is 6.09. The Bertz CT molecular complexity index is 1190. The summed E-state index contributed by atoms with van der Waals surface area (Å²) in [4.78, 5) is 52.8. The molecule has 9 nitrogen and oxygen atoms in total. The van der Waals surface area contributed by atoms with Crippen LogP contribution in [0, 0.1) is 26.9 Å². The van der Waals surface area contributed by atoms with E-state index >= 15 is 0 Å². The van der Waals surface area contributed by atoms with Gasteiger partial charge in [0.2, 0.25) is 17.7 Å². The number of hydrogen-bond donors (Lipinski definition) is 1. The maximum absolute atomic E-state index is 13.8. The van der Waals surface area contributed by atoms with Crippen molar-refractivity contribution in [2.24, 2.45) is 16.7 Å². The number of piperidine rings is 1. The molecule has 0 aromatic heterocycles. The summed E-state index contributed by atoms with van der Waals surface area (Å²) in [6, 6.07) is 11.9. The number of imide groups is 1. The van der Waals surface area contributed by atoms with Crippen LogP contribution in [-0.4, -0.2) is 40.7 Å². The zero-order valence-electron chi connectivity index (χ0n) is 20.2. The van der Waals surface area contributed by atoms with Gasteiger partial charge in [-0.25, -0.2) is 0 Å². The van der Waals surface area contributed by atoms with Crippen LogP contribution in [0.5, 0.6) is 5.75 Å². The molecule has 1 aliphatic heterocycles. The summed E-state index contributed by atoms with van der Waals surface area (Å²) in [6.45, 7) is 5.78. The SMILES string of the molecule is COc1cc([N+](=O)[O-])ccc1NC(=O)C(Cc1ccccc1)N1C(=O)C2CCC(C)(C1=O)C2(C)C. The number of hydrogen-bond acceptors (Lipinski definition) is 6. The predicted molar refractivity (Wildman–Crippen MR) is 129 cm³/mol. The van der Waals surface area contributed by atoms with Gasteiger partial charge < -0.3 is 10.1 Å². The monoisotopic (exact) mass is 479 g/mol. The first-order valence-electron chi connectivity index (χ1n) is 11.6. The van der Waals surface area contributed by atoms with Crippen LogP contribution >= 0.6 is 0 Å². The number of non-ortho nitro benzene ring substituents is 1. The van der Waals surface area contributed by atoms with Crippen LogP contribution in [-0.2, 0) is 20.8 Å². The van der Waals surface area contributed by atoms with Crippen LogP contribution in [0.25, 0.3) is 0 Å². The van der Waals surface area contributed by atoms with E-state index in [1.807, 2.05) is 51.1 Å². The van der Waals surface area contributed by atoms with Gasteiger partial charge in [0.15, 0.2) is 0 Å². The molecule has 3 unspecified atom stereocenters. The first-order valence-corrected chi connectivity index (χ1v) is 11.6. The van der Waals surface area contributed by atoms with Crippen molar-refractivity contribution in [1.29, 1.82) is 0 Å². The standard InChI is InChI=1S/C26H29N3O6/c1-25(2)18-12-13-26(25,3)24(32)28(23(18)31)20(14-16-8-6-5-7-9-16)22(30)27-19-11-10-17(29(33)34)15-21(19)35-4/h5-11,15,18,20H,12-14H2,1-4H3,(H,27,30). The number of methoxy groups -OCH3 is 1. The lowest BCUT2D eigenvalue weighted by Gasteiger charge is -2.49. The molecule has 1 N–H and O–H groups in total. The van der Waals surface area contributed by atoms with Gasteiger partial charge in [0.25, 0.3) is 5.69 Å². The number of fused-ring (bicyclic) bond motifs is 2. The zero-order chi connectivity index (χ0) is 25.5. The number of amides is 3. The summed E-state index contributed by atoms with van der Waals surface area (Å²) in [5, 5.41) is 13.9. The molecule has 2 fully saturated rings. The van der Waals surface area contributed by atoms with Gasteiger partial charge in [-0.3, -0.25) is 29.4 Å². The number of rotatable bonds is 7. The lowest BCUT2D eigenvalue weighted by Crippen LogP contribution is -2.64. The van der Waals surface area contributed by atoms with E-state index in [0.717, 1.165) is 10.5 Å². The van der Waals surface area contributed by atoms with E-state index in [9.17, 15) is 24.5 Å². The molecule has 35 heavy (non-hydrogen) atoms. The highest BCUT2D eigenvalue weighted by Gasteiger charge is 2.65. The summed E-state index contributed by atoms with van der Waals surface area (Å²) in [7, 11) is 1.34. The van der Waals surface area contributed by atoms with Crippen molar-refractivity contribution in [2.45, 2.75) is 46.1 Å². The summed E-state index contributed by atoms with van der Waals surface area (Å²) in [5.74, 6) is -1.49. The van der Waals surface area contributed by atoms with Gasteiger partial charge in [-0.05, 0) is 29.9 Å². The molecule has 2 aromatic carbocycles. The first kappa shape index (κ1) is 24.4. The zero-order valence-corrected chi connectivity index (χ0v) is 20.2. The summed E-state index contributed by atoms with van der Waals surface area (Å²) in [6.07, 6.45) is 1.32. The second-order valence-corrected chi connectivity index (χ2v) is 9.99. The normalized spacial score (nSPS) is 23.7. The van der Waals surface area contributed by atoms with Gasteiger partial charge in [-0.15, -0.1) is 0 Å². The van der Waals surface area contributed by atoms with E-state index in [0.29, 0.717) is 12.8 Å². The fraction of sp³-hybridized carbons (Fsp3) is 0.423. The molecule has 184 valence electrons. The van der Waals surface area contributed by atoms with Gasteiger partial charge in [0.05, 0.1) is 29.2 Å². The van der Waals surface area contributed by atoms with Gasteiger partial charge >= 0.3 is 0 Å². The average molecular weight is 480 g/mol. The van der Waals surface area contributed by atoms with Crippen LogP contribution in [0.3, 0.4) is 0 Å². The number of nitro groups is 1. The number of anilines is 1. The Labute approximate surface area is 203 Å². The summed E-state index contributed by atoms with van der Waals surface area (Å²) >= 11 is 0. The minimum absolute atomic E-state index is 0.107. The van der Waals surface area contributed by atoms with Crippen molar-refractivity contribution in [1.82, 2.24) is 4.90 Å². The van der Waals surface area contributed by atoms with Crippen molar-refractivity contribution in [3.05, 3.63) is 64.2 Å². The molecule has 4 rings (SSSR count). The van der Waals surface area contributed by atoms with Gasteiger partial charge in [-0.1, -0.05) is 51.1 Å². The fourth-order valence-corrected chi connectivity index (χ4v) is 5.40. The number of nitrogens with zero attached hydrogens (tertiary/aromatic N) is 2. The summed E-state index contributed by atoms with van der Waals surface area (Å²) in [5.41, 5.74) is -0.438. The molecule has 2 aliphatic rings. The summed E-state index contributed by atoms with van der Waals surface area (Å²) < 4.78 is 5.24. The smallest absolute Gasteiger partial charge is 0.273 e. The van der Waals surface area contributed by atoms with Crippen molar-refractivity contribution >= 4 is 29.1 Å². The quantitative estimate of drug-likeness (QED) is 0.365. The lowest BCUT2D eigenvalue weighted by molar-refractivity contribution is -0.384. The van der Waals surface area contributed by atoms with Crippen LogP contribution in [0.2, 0.25) is 0 Å². The number of nitro benzene ring substituents is 1. The molecule has 0 spiro atoms. The Morgan fingerprint density at radius 1 is 1.20 bits per heavy atom. The van der Waals surface area contributed by atoms with Crippen molar-refractivity contribution in [2.75, 3.05) is 12.4 Å². The highest BCUT2D eigenvalue weighted by Crippen LogP contribution is 2.60. The molecule has 3 amide bonds. The van der Waals surface area contributed by atoms with Gasteiger partial charge in [-0.2, -0.15) is 0 Å². The highest BCUT2D eigenvalue weighted by atomic mass is 16.6. The predicted octanol–water partition coefficient (Wildman–Crippen LogP) is 3.96. The molecule has 1 saturated heterocycles. The molecule has 1 saturated carbocycles. The van der Waals surface area contributed by atoms with Gasteiger partial charge in [0, 0.05) is 18.4 Å². The van der Waals surface area contributed by atoms with Crippen molar-refractivity contribution in [3.63, 3.8) is 0 Å². The number of likely N-dealkylation sites (tertiary alicyclic amines) is 1. The number of nitrogens with one attached hydrogen (secondary N) is 1. The van der Waals surface area contributed by atoms with Crippen LogP contribution < -0.4 is 10.1 Å². The van der Waals surface area contributed by atoms with E-state index in [1.165, 1.54) is 25.3 Å². The first-order chi connectivity index (χ1) is 16.5. The third-order valence-electron chi connectivity index (χ3n) is 7.99. The molecular weight excluding hydrogens is 450 g/mol. The molecule has 3 atom stereocenters. The molecule has 2 bridgehead atoms. The minimum Gasteiger partial charge on any atom is -0.494 e. The van der Waals surface area contributed by atoms with Crippen molar-refractivity contribution < 1.29 is 24.0 Å². The molecular formula is C26H29N3O6. The van der Waals surface area contributed by atoms with Crippen LogP contribution in [0.15, 0.2) is 48.5 Å². The number of carbonyl (C=O) groups is 3. The second-order valence-electron chi connectivity index (χ2n) is 9.99. The van der Waals surface area contributed by atoms with Gasteiger partial charge in [0.1, 0.15) is 11.8 Å². The molecule has 1 heterocycles. The number of benzene rings is 2. The Kier molecular flexibility index (Phi) is 6.12. The fourth-order valence-electron chi connectivity index (χ4n) is 5.40. The average Bonchev–Trinajstić information content (AvgIpc) is 3.01. The Balaban J connectivity index is 1.72. The lowest BCUT2D eigenvalue weighted by atomic mass is 9.62. The Morgan fingerprint density at radius 3 is 2.51 bits per heavy atom. The second kappa shape index (κ2) is 8.79. The van der Waals surface area contributed by atoms with E-state index in [1.54, 1.807) is 0 Å². The van der Waals surface area contributed by atoms with Crippen molar-refractivity contribution in [3.8, 4) is 5.75 Å². The van der Waals surface area contributed by atoms with E-state index < -0.39 is 27.7 Å². The molecule has 0 radical (unpaired) electrons. The van der Waals surface area contributed by atoms with E-state index in [4.69, 9.17) is 4.74 Å². The number of ether oxygens (including phenoxy) is 1. The topological polar surface area (TPSA) is 119 Å². The molecule has 9 heteroatoms.